The van der Waals surface area contributed by atoms with Gasteiger partial charge >= 0.3 is 6.03 Å². The molecule has 0 unspecified atom stereocenters. The van der Waals surface area contributed by atoms with Crippen LogP contribution in [0, 0.1) is 0 Å². The topological polar surface area (TPSA) is 75.7 Å². The minimum atomic E-state index is -1.18. The number of ketones is 1. The number of nitrogens with one attached hydrogen (secondary N) is 1. The molecule has 1 heterocycles. The molecule has 0 bridgehead atoms. The van der Waals surface area contributed by atoms with Crippen molar-refractivity contribution in [1.82, 2.24) is 10.2 Å². The van der Waals surface area contributed by atoms with Crippen LogP contribution in [0.2, 0.25) is 0 Å². The second-order valence-electron chi connectivity index (χ2n) is 7.43. The van der Waals surface area contributed by atoms with Crippen LogP contribution in [0.15, 0.2) is 42.5 Å². The smallest absolute Gasteiger partial charge is 0.325 e. The summed E-state index contributed by atoms with van der Waals surface area (Å²) in [7, 11) is 1.57. The molecule has 1 aliphatic heterocycles. The standard InChI is InChI=1S/C24H28N2O4/c1-5-16-8-9-17(6-2)20(14-16)21(27)15-26-22(28)24(7-3,25-23(26)29)18-10-12-19(30-4)13-11-18/h8-14H,5-7,15H2,1-4H3,(H,25,29)/t24-/m0/s1. The van der Waals surface area contributed by atoms with Gasteiger partial charge < -0.3 is 10.1 Å². The minimum absolute atomic E-state index is 0.229. The maximum absolute atomic E-state index is 13.3. The Bertz CT molecular complexity index is 968. The molecule has 3 amide bonds. The van der Waals surface area contributed by atoms with E-state index in [0.717, 1.165) is 22.4 Å². The summed E-state index contributed by atoms with van der Waals surface area (Å²) >= 11 is 0. The Hall–Kier alpha value is -3.15. The highest BCUT2D eigenvalue weighted by Gasteiger charge is 2.51. The molecule has 2 aromatic carbocycles. The van der Waals surface area contributed by atoms with Crippen LogP contribution in [0.1, 0.15) is 54.2 Å². The molecule has 0 spiro atoms. The first-order valence-corrected chi connectivity index (χ1v) is 10.3. The summed E-state index contributed by atoms with van der Waals surface area (Å²) in [6.07, 6.45) is 1.89. The number of imide groups is 1. The van der Waals surface area contributed by atoms with Gasteiger partial charge in [0.05, 0.1) is 13.7 Å². The van der Waals surface area contributed by atoms with Gasteiger partial charge in [0.15, 0.2) is 5.78 Å². The van der Waals surface area contributed by atoms with Crippen molar-refractivity contribution >= 4 is 17.7 Å². The molecule has 0 radical (unpaired) electrons. The molecule has 0 aliphatic carbocycles. The van der Waals surface area contributed by atoms with E-state index in [2.05, 4.69) is 5.32 Å². The molecule has 3 rings (SSSR count). The lowest BCUT2D eigenvalue weighted by Gasteiger charge is -2.26. The van der Waals surface area contributed by atoms with Crippen LogP contribution in [-0.2, 0) is 23.2 Å². The zero-order valence-electron chi connectivity index (χ0n) is 18.0. The number of carbonyl (C=O) groups excluding carboxylic acids is 3. The van der Waals surface area contributed by atoms with Gasteiger partial charge in [0.25, 0.3) is 5.91 Å². The van der Waals surface area contributed by atoms with E-state index in [9.17, 15) is 14.4 Å². The number of hydrogen-bond donors (Lipinski definition) is 1. The fraction of sp³-hybridized carbons (Fsp3) is 0.375. The first kappa shape index (κ1) is 21.6. The van der Waals surface area contributed by atoms with Gasteiger partial charge in [0, 0.05) is 5.56 Å². The summed E-state index contributed by atoms with van der Waals surface area (Å²) in [5.41, 5.74) is 2.04. The molecule has 0 saturated carbocycles. The van der Waals surface area contributed by atoms with Crippen LogP contribution in [0.25, 0.3) is 0 Å². The van der Waals surface area contributed by atoms with E-state index in [4.69, 9.17) is 4.74 Å². The van der Waals surface area contributed by atoms with Crippen LogP contribution in [0.5, 0.6) is 5.75 Å². The Labute approximate surface area is 177 Å². The highest BCUT2D eigenvalue weighted by atomic mass is 16.5. The lowest BCUT2D eigenvalue weighted by molar-refractivity contribution is -0.131. The lowest BCUT2D eigenvalue weighted by Crippen LogP contribution is -2.43. The molecule has 158 valence electrons. The van der Waals surface area contributed by atoms with E-state index in [-0.39, 0.29) is 12.3 Å². The third kappa shape index (κ3) is 3.70. The van der Waals surface area contributed by atoms with Crippen molar-refractivity contribution < 1.29 is 19.1 Å². The average Bonchev–Trinajstić information content (AvgIpc) is 3.03. The molecule has 1 N–H and O–H groups in total. The Morgan fingerprint density at radius 2 is 1.73 bits per heavy atom. The number of nitrogens with zero attached hydrogens (tertiary/aromatic N) is 1. The molecule has 1 atom stereocenters. The van der Waals surface area contributed by atoms with Crippen LogP contribution in [-0.4, -0.2) is 36.3 Å². The SMILES string of the molecule is CCc1ccc(CC)c(C(=O)CN2C(=O)N[C@@](CC)(c3ccc(OC)cc3)C2=O)c1. The van der Waals surface area contributed by atoms with Crippen molar-refractivity contribution in [3.63, 3.8) is 0 Å². The summed E-state index contributed by atoms with van der Waals surface area (Å²) in [6.45, 7) is 5.57. The Balaban J connectivity index is 1.90. The zero-order valence-corrected chi connectivity index (χ0v) is 18.0. The van der Waals surface area contributed by atoms with Gasteiger partial charge in [-0.25, -0.2) is 4.79 Å². The Morgan fingerprint density at radius 1 is 1.03 bits per heavy atom. The fourth-order valence-corrected chi connectivity index (χ4v) is 3.92. The van der Waals surface area contributed by atoms with Gasteiger partial charge in [-0.15, -0.1) is 0 Å². The highest BCUT2D eigenvalue weighted by molar-refractivity contribution is 6.11. The number of aryl methyl sites for hydroxylation is 2. The highest BCUT2D eigenvalue weighted by Crippen LogP contribution is 2.33. The molecule has 30 heavy (non-hydrogen) atoms. The molecule has 1 aliphatic rings. The molecular formula is C24H28N2O4. The monoisotopic (exact) mass is 408 g/mol. The number of methoxy groups -OCH3 is 1. The molecule has 6 nitrogen and oxygen atoms in total. The maximum Gasteiger partial charge on any atom is 0.325 e. The number of benzene rings is 2. The first-order chi connectivity index (χ1) is 14.4. The van der Waals surface area contributed by atoms with Crippen molar-refractivity contribution in [3.05, 3.63) is 64.7 Å². The van der Waals surface area contributed by atoms with Crippen molar-refractivity contribution in [2.45, 2.75) is 45.6 Å². The third-order valence-corrected chi connectivity index (χ3v) is 5.85. The largest absolute Gasteiger partial charge is 0.497 e. The van der Waals surface area contributed by atoms with E-state index < -0.39 is 17.5 Å². The maximum atomic E-state index is 13.3. The third-order valence-electron chi connectivity index (χ3n) is 5.85. The molecule has 1 fully saturated rings. The number of hydrogen-bond acceptors (Lipinski definition) is 4. The lowest BCUT2D eigenvalue weighted by atomic mass is 9.87. The fourth-order valence-electron chi connectivity index (χ4n) is 3.92. The molecule has 1 saturated heterocycles. The van der Waals surface area contributed by atoms with Gasteiger partial charge in [-0.2, -0.15) is 0 Å². The Morgan fingerprint density at radius 3 is 2.30 bits per heavy atom. The van der Waals surface area contributed by atoms with Crippen molar-refractivity contribution in [1.29, 1.82) is 0 Å². The quantitative estimate of drug-likeness (QED) is 0.532. The summed E-state index contributed by atoms with van der Waals surface area (Å²) in [6, 6.07) is 12.3. The van der Waals surface area contributed by atoms with E-state index in [0.29, 0.717) is 29.7 Å². The molecule has 0 aromatic heterocycles. The van der Waals surface area contributed by atoms with E-state index in [1.807, 2.05) is 39.0 Å². The van der Waals surface area contributed by atoms with Crippen LogP contribution in [0.3, 0.4) is 0 Å². The molecular weight excluding hydrogens is 380 g/mol. The predicted octanol–water partition coefficient (Wildman–Crippen LogP) is 3.86. The molecule has 2 aromatic rings. The zero-order chi connectivity index (χ0) is 21.9. The number of Topliss-reactive ketones (excluding diaryl/α,β-unsaturated/α-hetero) is 1. The van der Waals surface area contributed by atoms with Crippen molar-refractivity contribution in [2.24, 2.45) is 0 Å². The minimum Gasteiger partial charge on any atom is -0.497 e. The van der Waals surface area contributed by atoms with E-state index in [1.165, 1.54) is 0 Å². The van der Waals surface area contributed by atoms with Crippen molar-refractivity contribution in [3.8, 4) is 5.75 Å². The summed E-state index contributed by atoms with van der Waals surface area (Å²) in [5.74, 6) is 0.0298. The summed E-state index contributed by atoms with van der Waals surface area (Å²) in [5, 5.41) is 2.82. The number of amides is 3. The van der Waals surface area contributed by atoms with E-state index >= 15 is 0 Å². The van der Waals surface area contributed by atoms with Gasteiger partial charge in [-0.3, -0.25) is 14.5 Å². The normalized spacial score (nSPS) is 18.5. The van der Waals surface area contributed by atoms with Gasteiger partial charge in [-0.1, -0.05) is 45.0 Å². The van der Waals surface area contributed by atoms with Crippen molar-refractivity contribution in [2.75, 3.05) is 13.7 Å². The second kappa shape index (κ2) is 8.69. The first-order valence-electron chi connectivity index (χ1n) is 10.3. The number of rotatable bonds is 8. The predicted molar refractivity (Wildman–Crippen MR) is 115 cm³/mol. The number of urea groups is 1. The number of carbonyl (C=O) groups is 3. The van der Waals surface area contributed by atoms with E-state index in [1.54, 1.807) is 31.4 Å². The van der Waals surface area contributed by atoms with Gasteiger partial charge in [-0.05, 0) is 54.2 Å². The second-order valence-corrected chi connectivity index (χ2v) is 7.43. The Kier molecular flexibility index (Phi) is 6.25. The summed E-state index contributed by atoms with van der Waals surface area (Å²) < 4.78 is 5.18. The average molecular weight is 408 g/mol. The van der Waals surface area contributed by atoms with Crippen LogP contribution in [0.4, 0.5) is 4.79 Å². The van der Waals surface area contributed by atoms with Gasteiger partial charge in [0.2, 0.25) is 0 Å². The molecule has 6 heteroatoms. The summed E-state index contributed by atoms with van der Waals surface area (Å²) in [4.78, 5) is 40.1. The van der Waals surface area contributed by atoms with Crippen LogP contribution >= 0.6 is 0 Å². The van der Waals surface area contributed by atoms with Gasteiger partial charge in [0.1, 0.15) is 11.3 Å². The number of ether oxygens (including phenoxy) is 1. The van der Waals surface area contributed by atoms with Crippen LogP contribution < -0.4 is 10.1 Å².